The standard InChI is InChI=1S/C14H19N3O/c1-3-10(8-15)14(18)16-12-9-17(2)13-7-5-4-6-11(12)13/h4-7,9-10H,3,8,15H2,1-2H3,(H,16,18). The Labute approximate surface area is 107 Å². The van der Waals surface area contributed by atoms with Gasteiger partial charge in [-0.1, -0.05) is 25.1 Å². The van der Waals surface area contributed by atoms with Gasteiger partial charge in [-0.05, 0) is 12.5 Å². The fourth-order valence-electron chi connectivity index (χ4n) is 2.14. The molecule has 0 aliphatic rings. The number of carbonyl (C=O) groups is 1. The van der Waals surface area contributed by atoms with Crippen LogP contribution in [0.1, 0.15) is 13.3 Å². The van der Waals surface area contributed by atoms with Gasteiger partial charge in [-0.3, -0.25) is 4.79 Å². The van der Waals surface area contributed by atoms with E-state index in [9.17, 15) is 4.79 Å². The summed E-state index contributed by atoms with van der Waals surface area (Å²) in [4.78, 5) is 12.0. The Morgan fingerprint density at radius 2 is 2.17 bits per heavy atom. The second kappa shape index (κ2) is 5.23. The lowest BCUT2D eigenvalue weighted by Crippen LogP contribution is -2.28. The van der Waals surface area contributed by atoms with Crippen molar-refractivity contribution in [1.82, 2.24) is 4.57 Å². The molecule has 3 N–H and O–H groups in total. The molecule has 0 aliphatic heterocycles. The summed E-state index contributed by atoms with van der Waals surface area (Å²) >= 11 is 0. The van der Waals surface area contributed by atoms with Gasteiger partial charge in [0.25, 0.3) is 0 Å². The molecule has 4 nitrogen and oxygen atoms in total. The molecular weight excluding hydrogens is 226 g/mol. The second-order valence-corrected chi connectivity index (χ2v) is 4.50. The van der Waals surface area contributed by atoms with Crippen molar-refractivity contribution in [3.63, 3.8) is 0 Å². The molecule has 0 saturated carbocycles. The first-order valence-electron chi connectivity index (χ1n) is 6.22. The fraction of sp³-hybridized carbons (Fsp3) is 0.357. The Bertz CT molecular complexity index is 555. The monoisotopic (exact) mass is 245 g/mol. The third kappa shape index (κ3) is 2.24. The summed E-state index contributed by atoms with van der Waals surface area (Å²) in [6.07, 6.45) is 2.69. The molecule has 2 rings (SSSR count). The molecule has 0 aliphatic carbocycles. The van der Waals surface area contributed by atoms with E-state index in [-0.39, 0.29) is 11.8 Å². The van der Waals surface area contributed by atoms with E-state index in [2.05, 4.69) is 5.32 Å². The minimum absolute atomic E-state index is 0.00338. The van der Waals surface area contributed by atoms with Crippen LogP contribution in [0.25, 0.3) is 10.9 Å². The summed E-state index contributed by atoms with van der Waals surface area (Å²) < 4.78 is 2.01. The van der Waals surface area contributed by atoms with Crippen LogP contribution in [-0.4, -0.2) is 17.0 Å². The van der Waals surface area contributed by atoms with Crippen LogP contribution in [0.4, 0.5) is 5.69 Å². The SMILES string of the molecule is CCC(CN)C(=O)Nc1cn(C)c2ccccc12. The summed E-state index contributed by atoms with van der Waals surface area (Å²) in [5.74, 6) is -0.125. The van der Waals surface area contributed by atoms with E-state index in [4.69, 9.17) is 5.73 Å². The summed E-state index contributed by atoms with van der Waals surface area (Å²) in [7, 11) is 1.97. The van der Waals surface area contributed by atoms with Crippen LogP contribution in [-0.2, 0) is 11.8 Å². The number of rotatable bonds is 4. The normalized spacial score (nSPS) is 12.6. The minimum atomic E-state index is -0.121. The zero-order chi connectivity index (χ0) is 13.1. The van der Waals surface area contributed by atoms with E-state index in [0.717, 1.165) is 23.0 Å². The predicted octanol–water partition coefficient (Wildman–Crippen LogP) is 2.10. The third-order valence-electron chi connectivity index (χ3n) is 3.30. The Hall–Kier alpha value is -1.81. The maximum Gasteiger partial charge on any atom is 0.228 e. The third-order valence-corrected chi connectivity index (χ3v) is 3.30. The Balaban J connectivity index is 2.30. The van der Waals surface area contributed by atoms with Gasteiger partial charge >= 0.3 is 0 Å². The number of para-hydroxylation sites is 1. The number of carbonyl (C=O) groups excluding carboxylic acids is 1. The number of hydrogen-bond donors (Lipinski definition) is 2. The molecule has 1 heterocycles. The smallest absolute Gasteiger partial charge is 0.228 e. The van der Waals surface area contributed by atoms with Crippen molar-refractivity contribution >= 4 is 22.5 Å². The molecule has 0 radical (unpaired) electrons. The highest BCUT2D eigenvalue weighted by molar-refractivity contribution is 6.02. The fourth-order valence-corrected chi connectivity index (χ4v) is 2.14. The van der Waals surface area contributed by atoms with E-state index >= 15 is 0 Å². The summed E-state index contributed by atoms with van der Waals surface area (Å²) in [6, 6.07) is 8.00. The highest BCUT2D eigenvalue weighted by Crippen LogP contribution is 2.25. The maximum absolute atomic E-state index is 12.0. The molecule has 2 aromatic rings. The van der Waals surface area contributed by atoms with Crippen molar-refractivity contribution in [2.75, 3.05) is 11.9 Å². The van der Waals surface area contributed by atoms with Gasteiger partial charge < -0.3 is 15.6 Å². The molecule has 1 aromatic carbocycles. The molecular formula is C14H19N3O. The number of nitrogens with zero attached hydrogens (tertiary/aromatic N) is 1. The lowest BCUT2D eigenvalue weighted by Gasteiger charge is -2.11. The summed E-state index contributed by atoms with van der Waals surface area (Å²) in [5, 5.41) is 4.02. The number of aryl methyl sites for hydroxylation is 1. The van der Waals surface area contributed by atoms with Gasteiger partial charge in [0.2, 0.25) is 5.91 Å². The topological polar surface area (TPSA) is 60.1 Å². The van der Waals surface area contributed by atoms with Crippen LogP contribution in [0.15, 0.2) is 30.5 Å². The number of anilines is 1. The molecule has 4 heteroatoms. The predicted molar refractivity (Wildman–Crippen MR) is 74.4 cm³/mol. The molecule has 18 heavy (non-hydrogen) atoms. The van der Waals surface area contributed by atoms with Crippen molar-refractivity contribution in [1.29, 1.82) is 0 Å². The number of hydrogen-bond acceptors (Lipinski definition) is 2. The van der Waals surface area contributed by atoms with E-state index in [1.807, 2.05) is 49.0 Å². The first-order chi connectivity index (χ1) is 8.67. The molecule has 1 atom stereocenters. The van der Waals surface area contributed by atoms with Gasteiger partial charge in [0.05, 0.1) is 11.6 Å². The summed E-state index contributed by atoms with van der Waals surface area (Å²) in [5.41, 5.74) is 7.55. The number of nitrogens with two attached hydrogens (primary N) is 1. The first-order valence-corrected chi connectivity index (χ1v) is 6.22. The quantitative estimate of drug-likeness (QED) is 0.866. The van der Waals surface area contributed by atoms with Crippen molar-refractivity contribution < 1.29 is 4.79 Å². The van der Waals surface area contributed by atoms with Crippen molar-refractivity contribution in [3.8, 4) is 0 Å². The lowest BCUT2D eigenvalue weighted by atomic mass is 10.1. The van der Waals surface area contributed by atoms with Crippen LogP contribution in [0.3, 0.4) is 0 Å². The Kier molecular flexibility index (Phi) is 3.67. The molecule has 0 bridgehead atoms. The van der Waals surface area contributed by atoms with Crippen molar-refractivity contribution in [3.05, 3.63) is 30.5 Å². The Morgan fingerprint density at radius 1 is 1.44 bits per heavy atom. The average Bonchev–Trinajstić information content (AvgIpc) is 2.69. The Morgan fingerprint density at radius 3 is 2.83 bits per heavy atom. The van der Waals surface area contributed by atoms with Crippen molar-refractivity contribution in [2.45, 2.75) is 13.3 Å². The van der Waals surface area contributed by atoms with Crippen molar-refractivity contribution in [2.24, 2.45) is 18.7 Å². The van der Waals surface area contributed by atoms with Crippen LogP contribution in [0, 0.1) is 5.92 Å². The lowest BCUT2D eigenvalue weighted by molar-refractivity contribution is -0.119. The van der Waals surface area contributed by atoms with Crippen LogP contribution >= 0.6 is 0 Å². The average molecular weight is 245 g/mol. The summed E-state index contributed by atoms with van der Waals surface area (Å²) in [6.45, 7) is 2.35. The van der Waals surface area contributed by atoms with E-state index in [0.29, 0.717) is 6.54 Å². The number of aromatic nitrogens is 1. The molecule has 0 fully saturated rings. The van der Waals surface area contributed by atoms with Gasteiger partial charge in [0, 0.05) is 30.7 Å². The minimum Gasteiger partial charge on any atom is -0.348 e. The van der Waals surface area contributed by atoms with Gasteiger partial charge in [0.15, 0.2) is 0 Å². The van der Waals surface area contributed by atoms with E-state index in [1.165, 1.54) is 0 Å². The van der Waals surface area contributed by atoms with Gasteiger partial charge in [-0.2, -0.15) is 0 Å². The highest BCUT2D eigenvalue weighted by atomic mass is 16.1. The largest absolute Gasteiger partial charge is 0.348 e. The first kappa shape index (κ1) is 12.6. The molecule has 0 saturated heterocycles. The van der Waals surface area contributed by atoms with Crippen LogP contribution < -0.4 is 11.1 Å². The molecule has 1 unspecified atom stereocenters. The van der Waals surface area contributed by atoms with Crippen LogP contribution in [0.5, 0.6) is 0 Å². The zero-order valence-corrected chi connectivity index (χ0v) is 10.8. The van der Waals surface area contributed by atoms with Gasteiger partial charge in [-0.15, -0.1) is 0 Å². The van der Waals surface area contributed by atoms with Gasteiger partial charge in [0.1, 0.15) is 0 Å². The zero-order valence-electron chi connectivity index (χ0n) is 10.8. The van der Waals surface area contributed by atoms with Crippen LogP contribution in [0.2, 0.25) is 0 Å². The maximum atomic E-state index is 12.0. The molecule has 1 amide bonds. The molecule has 96 valence electrons. The number of nitrogens with one attached hydrogen (secondary N) is 1. The highest BCUT2D eigenvalue weighted by Gasteiger charge is 2.16. The van der Waals surface area contributed by atoms with Gasteiger partial charge in [-0.25, -0.2) is 0 Å². The van der Waals surface area contributed by atoms with E-state index < -0.39 is 0 Å². The number of benzene rings is 1. The second-order valence-electron chi connectivity index (χ2n) is 4.50. The van der Waals surface area contributed by atoms with E-state index in [1.54, 1.807) is 0 Å². The number of fused-ring (bicyclic) bond motifs is 1. The molecule has 1 aromatic heterocycles. The molecule has 0 spiro atoms. The number of amides is 1.